The van der Waals surface area contributed by atoms with Crippen molar-refractivity contribution in [3.63, 3.8) is 0 Å². The second kappa shape index (κ2) is 6.03. The molecule has 0 radical (unpaired) electrons. The van der Waals surface area contributed by atoms with Crippen LogP contribution < -0.4 is 10.2 Å². The largest absolute Gasteiger partial charge is 0.377 e. The van der Waals surface area contributed by atoms with Gasteiger partial charge in [0.15, 0.2) is 0 Å². The van der Waals surface area contributed by atoms with Gasteiger partial charge in [0.25, 0.3) is 0 Å². The normalized spacial score (nSPS) is 26.2. The van der Waals surface area contributed by atoms with Crippen LogP contribution in [-0.4, -0.2) is 55.5 Å². The van der Waals surface area contributed by atoms with Gasteiger partial charge >= 0.3 is 0 Å². The predicted molar refractivity (Wildman–Crippen MR) is 75.7 cm³/mol. The lowest BCUT2D eigenvalue weighted by atomic mass is 10.3. The number of nitrogens with one attached hydrogen (secondary N) is 1. The number of hydrogen-bond acceptors (Lipinski definition) is 6. The monoisotopic (exact) mass is 278 g/mol. The van der Waals surface area contributed by atoms with Gasteiger partial charge in [0, 0.05) is 57.9 Å². The smallest absolute Gasteiger partial charge is 0.225 e. The molecule has 3 rings (SSSR count). The first-order valence-electron chi connectivity index (χ1n) is 7.15. The molecule has 1 saturated carbocycles. The molecule has 1 aromatic heterocycles. The van der Waals surface area contributed by atoms with E-state index in [1.165, 1.54) is 12.8 Å². The van der Waals surface area contributed by atoms with E-state index in [0.29, 0.717) is 6.04 Å². The number of aromatic nitrogens is 2. The molecule has 0 aromatic carbocycles. The van der Waals surface area contributed by atoms with Crippen LogP contribution in [0.25, 0.3) is 0 Å². The van der Waals surface area contributed by atoms with Gasteiger partial charge in [-0.15, -0.1) is 0 Å². The maximum absolute atomic E-state index is 5.43. The third kappa shape index (κ3) is 3.08. The highest BCUT2D eigenvalue weighted by atomic mass is 16.5. The van der Waals surface area contributed by atoms with Gasteiger partial charge in [0.05, 0.1) is 0 Å². The van der Waals surface area contributed by atoms with Gasteiger partial charge in [-0.3, -0.25) is 0 Å². The fraction of sp³-hybridized carbons (Fsp3) is 0.714. The third-order valence-corrected chi connectivity index (χ3v) is 3.97. The van der Waals surface area contributed by atoms with Gasteiger partial charge in [-0.25, -0.2) is 9.97 Å². The van der Waals surface area contributed by atoms with Crippen LogP contribution in [0.2, 0.25) is 0 Å². The minimum Gasteiger partial charge on any atom is -0.377 e. The summed E-state index contributed by atoms with van der Waals surface area (Å²) in [5.74, 6) is 0.752. The Balaban J connectivity index is 1.59. The van der Waals surface area contributed by atoms with Gasteiger partial charge in [-0.2, -0.15) is 0 Å². The molecular formula is C14H22N4O2. The first-order chi connectivity index (χ1) is 9.80. The zero-order chi connectivity index (χ0) is 13.9. The number of methoxy groups -OCH3 is 2. The first kappa shape index (κ1) is 13.7. The standard InChI is InChI=1S/C14H22N4O2/c1-19-12-8-18(9-13(12)20-2)14-16-6-10(7-17-14)5-15-11-3-4-11/h6-7,11-13,15H,3-5,8-9H2,1-2H3. The average molecular weight is 278 g/mol. The molecule has 0 amide bonds. The van der Waals surface area contributed by atoms with E-state index in [-0.39, 0.29) is 12.2 Å². The molecule has 1 aromatic rings. The zero-order valence-electron chi connectivity index (χ0n) is 12.1. The Morgan fingerprint density at radius 1 is 1.15 bits per heavy atom. The maximum atomic E-state index is 5.43. The van der Waals surface area contributed by atoms with Crippen LogP contribution in [0.3, 0.4) is 0 Å². The zero-order valence-corrected chi connectivity index (χ0v) is 12.1. The van der Waals surface area contributed by atoms with Crippen molar-refractivity contribution in [2.24, 2.45) is 0 Å². The van der Waals surface area contributed by atoms with Crippen LogP contribution in [0, 0.1) is 0 Å². The Labute approximate surface area is 119 Å². The molecular weight excluding hydrogens is 256 g/mol. The van der Waals surface area contributed by atoms with Gasteiger partial charge in [-0.1, -0.05) is 0 Å². The molecule has 2 aliphatic rings. The molecule has 2 fully saturated rings. The minimum absolute atomic E-state index is 0.0832. The summed E-state index contributed by atoms with van der Waals surface area (Å²) in [6.45, 7) is 2.40. The molecule has 0 spiro atoms. The van der Waals surface area contributed by atoms with Gasteiger partial charge in [0.2, 0.25) is 5.95 Å². The van der Waals surface area contributed by atoms with Gasteiger partial charge in [-0.05, 0) is 12.8 Å². The average Bonchev–Trinajstić information content (AvgIpc) is 3.23. The molecule has 2 unspecified atom stereocenters. The summed E-state index contributed by atoms with van der Waals surface area (Å²) in [7, 11) is 3.43. The quantitative estimate of drug-likeness (QED) is 0.821. The van der Waals surface area contributed by atoms with Crippen LogP contribution in [0.4, 0.5) is 5.95 Å². The Morgan fingerprint density at radius 2 is 1.75 bits per heavy atom. The number of nitrogens with zero attached hydrogens (tertiary/aromatic N) is 3. The van der Waals surface area contributed by atoms with E-state index in [2.05, 4.69) is 20.2 Å². The van der Waals surface area contributed by atoms with Crippen molar-refractivity contribution >= 4 is 5.95 Å². The minimum atomic E-state index is 0.0832. The van der Waals surface area contributed by atoms with Crippen molar-refractivity contribution in [1.82, 2.24) is 15.3 Å². The Morgan fingerprint density at radius 3 is 2.25 bits per heavy atom. The second-order valence-electron chi connectivity index (χ2n) is 5.50. The van der Waals surface area contributed by atoms with E-state index in [1.807, 2.05) is 12.4 Å². The highest BCUT2D eigenvalue weighted by molar-refractivity contribution is 5.33. The van der Waals surface area contributed by atoms with Gasteiger partial charge < -0.3 is 19.7 Å². The molecule has 1 saturated heterocycles. The van der Waals surface area contributed by atoms with Crippen LogP contribution in [0.1, 0.15) is 18.4 Å². The second-order valence-corrected chi connectivity index (χ2v) is 5.50. The van der Waals surface area contributed by atoms with Crippen LogP contribution >= 0.6 is 0 Å². The van der Waals surface area contributed by atoms with Crippen LogP contribution in [-0.2, 0) is 16.0 Å². The molecule has 6 heteroatoms. The molecule has 1 aliphatic heterocycles. The fourth-order valence-electron chi connectivity index (χ4n) is 2.51. The first-order valence-corrected chi connectivity index (χ1v) is 7.15. The highest BCUT2D eigenvalue weighted by Gasteiger charge is 2.34. The summed E-state index contributed by atoms with van der Waals surface area (Å²) >= 11 is 0. The third-order valence-electron chi connectivity index (χ3n) is 3.97. The van der Waals surface area contributed by atoms with Crippen LogP contribution in [0.15, 0.2) is 12.4 Å². The van der Waals surface area contributed by atoms with Crippen molar-refractivity contribution in [2.75, 3.05) is 32.2 Å². The molecule has 2 atom stereocenters. The molecule has 6 nitrogen and oxygen atoms in total. The summed E-state index contributed by atoms with van der Waals surface area (Å²) in [6.07, 6.45) is 6.56. The Bertz CT molecular complexity index is 423. The summed E-state index contributed by atoms with van der Waals surface area (Å²) in [5, 5.41) is 3.46. The van der Waals surface area contributed by atoms with E-state index in [0.717, 1.165) is 31.1 Å². The Hall–Kier alpha value is -1.24. The summed E-state index contributed by atoms with van der Waals surface area (Å²) < 4.78 is 10.9. The SMILES string of the molecule is COC1CN(c2ncc(CNC3CC3)cn2)CC1OC. The summed E-state index contributed by atoms with van der Waals surface area (Å²) in [6, 6.07) is 0.707. The number of hydrogen-bond donors (Lipinski definition) is 1. The molecule has 1 aliphatic carbocycles. The molecule has 20 heavy (non-hydrogen) atoms. The predicted octanol–water partition coefficient (Wildman–Crippen LogP) is 0.579. The van der Waals surface area contributed by atoms with E-state index in [9.17, 15) is 0 Å². The van der Waals surface area contributed by atoms with E-state index in [4.69, 9.17) is 9.47 Å². The van der Waals surface area contributed by atoms with Crippen molar-refractivity contribution in [1.29, 1.82) is 0 Å². The number of ether oxygens (including phenoxy) is 2. The number of rotatable bonds is 6. The molecule has 110 valence electrons. The maximum Gasteiger partial charge on any atom is 0.225 e. The summed E-state index contributed by atoms with van der Waals surface area (Å²) in [5.41, 5.74) is 1.13. The van der Waals surface area contributed by atoms with Crippen molar-refractivity contribution in [3.8, 4) is 0 Å². The lowest BCUT2D eigenvalue weighted by Crippen LogP contribution is -2.27. The fourth-order valence-corrected chi connectivity index (χ4v) is 2.51. The highest BCUT2D eigenvalue weighted by Crippen LogP contribution is 2.21. The van der Waals surface area contributed by atoms with Crippen LogP contribution in [0.5, 0.6) is 0 Å². The van der Waals surface area contributed by atoms with Crippen molar-refractivity contribution in [2.45, 2.75) is 37.6 Å². The number of anilines is 1. The molecule has 1 N–H and O–H groups in total. The van der Waals surface area contributed by atoms with Crippen molar-refractivity contribution < 1.29 is 9.47 Å². The lowest BCUT2D eigenvalue weighted by Gasteiger charge is -2.15. The summed E-state index contributed by atoms with van der Waals surface area (Å²) in [4.78, 5) is 11.0. The molecule has 0 bridgehead atoms. The van der Waals surface area contributed by atoms with E-state index >= 15 is 0 Å². The molecule has 2 heterocycles. The van der Waals surface area contributed by atoms with Gasteiger partial charge in [0.1, 0.15) is 12.2 Å². The van der Waals surface area contributed by atoms with E-state index < -0.39 is 0 Å². The lowest BCUT2D eigenvalue weighted by molar-refractivity contribution is -0.00461. The van der Waals surface area contributed by atoms with Crippen molar-refractivity contribution in [3.05, 3.63) is 18.0 Å². The van der Waals surface area contributed by atoms with E-state index in [1.54, 1.807) is 14.2 Å². The topological polar surface area (TPSA) is 59.5 Å². The Kier molecular flexibility index (Phi) is 4.14.